The maximum Gasteiger partial charge on any atom is 0.185 e. The molecular weight excluding hydrogens is 252 g/mol. The molecule has 0 radical (unpaired) electrons. The number of carbonyl (C=O) groups excluding carboxylic acids is 2. The molecule has 0 N–H and O–H groups in total. The minimum absolute atomic E-state index is 0.0267. The number of carbonyl (C=O) groups is 2. The van der Waals surface area contributed by atoms with Crippen LogP contribution in [0.15, 0.2) is 34.7 Å². The SMILES string of the molecule is CC1(C)CCC(=O)c2cc(-c3ccc(C=O)o3)ccc21. The molecule has 1 aromatic heterocycles. The number of ketones is 1. The molecule has 2 aromatic rings. The fraction of sp³-hybridized carbons (Fsp3) is 0.294. The van der Waals surface area contributed by atoms with Gasteiger partial charge in [-0.2, -0.15) is 0 Å². The van der Waals surface area contributed by atoms with Gasteiger partial charge in [-0.1, -0.05) is 26.0 Å². The highest BCUT2D eigenvalue weighted by atomic mass is 16.3. The highest BCUT2D eigenvalue weighted by Crippen LogP contribution is 2.38. The van der Waals surface area contributed by atoms with Crippen LogP contribution in [0.5, 0.6) is 0 Å². The van der Waals surface area contributed by atoms with Crippen molar-refractivity contribution in [1.29, 1.82) is 0 Å². The third-order valence-electron chi connectivity index (χ3n) is 4.05. The molecule has 0 bridgehead atoms. The zero-order valence-corrected chi connectivity index (χ0v) is 11.6. The van der Waals surface area contributed by atoms with Gasteiger partial charge in [0, 0.05) is 17.5 Å². The number of benzene rings is 1. The van der Waals surface area contributed by atoms with E-state index in [0.717, 1.165) is 23.1 Å². The second kappa shape index (κ2) is 4.44. The maximum atomic E-state index is 12.1. The Kier molecular flexibility index (Phi) is 2.85. The Labute approximate surface area is 117 Å². The maximum absolute atomic E-state index is 12.1. The van der Waals surface area contributed by atoms with Crippen molar-refractivity contribution in [3.63, 3.8) is 0 Å². The van der Waals surface area contributed by atoms with Gasteiger partial charge in [-0.05, 0) is 35.6 Å². The summed E-state index contributed by atoms with van der Waals surface area (Å²) in [7, 11) is 0. The average molecular weight is 268 g/mol. The zero-order valence-electron chi connectivity index (χ0n) is 11.6. The van der Waals surface area contributed by atoms with E-state index in [2.05, 4.69) is 13.8 Å². The Morgan fingerprint density at radius 2 is 2.00 bits per heavy atom. The predicted molar refractivity (Wildman–Crippen MR) is 76.1 cm³/mol. The van der Waals surface area contributed by atoms with Crippen molar-refractivity contribution in [3.05, 3.63) is 47.2 Å². The molecule has 0 spiro atoms. The third kappa shape index (κ3) is 1.99. The predicted octanol–water partition coefficient (Wildman–Crippen LogP) is 4.01. The molecule has 3 nitrogen and oxygen atoms in total. The van der Waals surface area contributed by atoms with Crippen LogP contribution >= 0.6 is 0 Å². The summed E-state index contributed by atoms with van der Waals surface area (Å²) >= 11 is 0. The Morgan fingerprint density at radius 3 is 2.70 bits per heavy atom. The van der Waals surface area contributed by atoms with E-state index >= 15 is 0 Å². The first-order valence-corrected chi connectivity index (χ1v) is 6.74. The number of furan rings is 1. The van der Waals surface area contributed by atoms with Crippen LogP contribution in [0.3, 0.4) is 0 Å². The fourth-order valence-corrected chi connectivity index (χ4v) is 2.79. The van der Waals surface area contributed by atoms with Gasteiger partial charge in [0.15, 0.2) is 17.8 Å². The number of aldehydes is 1. The van der Waals surface area contributed by atoms with E-state index in [9.17, 15) is 9.59 Å². The molecule has 1 aliphatic rings. The first-order valence-electron chi connectivity index (χ1n) is 6.74. The normalized spacial score (nSPS) is 16.8. The van der Waals surface area contributed by atoms with Crippen molar-refractivity contribution in [2.24, 2.45) is 0 Å². The fourth-order valence-electron chi connectivity index (χ4n) is 2.79. The highest BCUT2D eigenvalue weighted by molar-refractivity contribution is 6.00. The lowest BCUT2D eigenvalue weighted by Crippen LogP contribution is -2.27. The van der Waals surface area contributed by atoms with Gasteiger partial charge < -0.3 is 4.42 Å². The van der Waals surface area contributed by atoms with Gasteiger partial charge in [0.2, 0.25) is 0 Å². The first kappa shape index (κ1) is 12.9. The van der Waals surface area contributed by atoms with Crippen molar-refractivity contribution >= 4 is 12.1 Å². The Hall–Kier alpha value is -2.16. The molecule has 0 amide bonds. The smallest absolute Gasteiger partial charge is 0.185 e. The topological polar surface area (TPSA) is 47.3 Å². The number of fused-ring (bicyclic) bond motifs is 1. The minimum Gasteiger partial charge on any atom is -0.453 e. The molecule has 0 saturated carbocycles. The standard InChI is InChI=1S/C17H16O3/c1-17(2)8-7-15(19)13-9-11(3-5-14(13)17)16-6-4-12(10-18)20-16/h3-6,9-10H,7-8H2,1-2H3. The summed E-state index contributed by atoms with van der Waals surface area (Å²) in [6, 6.07) is 9.22. The molecule has 0 saturated heterocycles. The van der Waals surface area contributed by atoms with Crippen molar-refractivity contribution in [2.75, 3.05) is 0 Å². The molecule has 102 valence electrons. The van der Waals surface area contributed by atoms with Crippen LogP contribution in [-0.2, 0) is 5.41 Å². The third-order valence-corrected chi connectivity index (χ3v) is 4.05. The Morgan fingerprint density at radius 1 is 1.20 bits per heavy atom. The molecular formula is C17H16O3. The summed E-state index contributed by atoms with van der Waals surface area (Å²) < 4.78 is 5.42. The number of Topliss-reactive ketones (excluding diaryl/α,β-unsaturated/α-hetero) is 1. The van der Waals surface area contributed by atoms with Crippen molar-refractivity contribution in [3.8, 4) is 11.3 Å². The molecule has 0 atom stereocenters. The monoisotopic (exact) mass is 268 g/mol. The van der Waals surface area contributed by atoms with Crippen molar-refractivity contribution in [1.82, 2.24) is 0 Å². The lowest BCUT2D eigenvalue weighted by Gasteiger charge is -2.31. The van der Waals surface area contributed by atoms with Crippen LogP contribution in [-0.4, -0.2) is 12.1 Å². The zero-order chi connectivity index (χ0) is 14.3. The summed E-state index contributed by atoms with van der Waals surface area (Å²) in [4.78, 5) is 22.8. The van der Waals surface area contributed by atoms with Crippen LogP contribution in [0.2, 0.25) is 0 Å². The van der Waals surface area contributed by atoms with Crippen LogP contribution in [0.4, 0.5) is 0 Å². The lowest BCUT2D eigenvalue weighted by molar-refractivity contribution is 0.0956. The van der Waals surface area contributed by atoms with E-state index < -0.39 is 0 Å². The van der Waals surface area contributed by atoms with Crippen molar-refractivity contribution in [2.45, 2.75) is 32.1 Å². The first-order chi connectivity index (χ1) is 9.51. The average Bonchev–Trinajstić information content (AvgIpc) is 2.92. The van der Waals surface area contributed by atoms with Gasteiger partial charge >= 0.3 is 0 Å². The summed E-state index contributed by atoms with van der Waals surface area (Å²) in [5.41, 5.74) is 2.74. The van der Waals surface area contributed by atoms with Crippen LogP contribution < -0.4 is 0 Å². The van der Waals surface area contributed by atoms with E-state index in [4.69, 9.17) is 4.42 Å². The van der Waals surface area contributed by atoms with Crippen LogP contribution in [0.25, 0.3) is 11.3 Å². The molecule has 0 unspecified atom stereocenters. The molecule has 1 heterocycles. The molecule has 1 aromatic carbocycles. The Balaban J connectivity index is 2.10. The van der Waals surface area contributed by atoms with Gasteiger partial charge in [-0.25, -0.2) is 0 Å². The van der Waals surface area contributed by atoms with Crippen molar-refractivity contribution < 1.29 is 14.0 Å². The molecule has 0 aliphatic heterocycles. The van der Waals surface area contributed by atoms with E-state index in [1.165, 1.54) is 0 Å². The van der Waals surface area contributed by atoms with Crippen LogP contribution in [0, 0.1) is 0 Å². The van der Waals surface area contributed by atoms with Gasteiger partial charge in [0.1, 0.15) is 5.76 Å². The molecule has 0 fully saturated rings. The van der Waals surface area contributed by atoms with E-state index in [1.807, 2.05) is 18.2 Å². The second-order valence-electron chi connectivity index (χ2n) is 5.89. The number of hydrogen-bond donors (Lipinski definition) is 0. The van der Waals surface area contributed by atoms with E-state index in [0.29, 0.717) is 24.2 Å². The molecule has 3 heteroatoms. The molecule has 1 aliphatic carbocycles. The largest absolute Gasteiger partial charge is 0.453 e. The Bertz CT molecular complexity index is 692. The summed E-state index contributed by atoms with van der Waals surface area (Å²) in [6.45, 7) is 4.32. The van der Waals surface area contributed by atoms with E-state index in [1.54, 1.807) is 12.1 Å². The molecule has 3 rings (SSSR count). The number of hydrogen-bond acceptors (Lipinski definition) is 3. The summed E-state index contributed by atoms with van der Waals surface area (Å²) in [5.74, 6) is 1.10. The highest BCUT2D eigenvalue weighted by Gasteiger charge is 2.31. The van der Waals surface area contributed by atoms with Gasteiger partial charge in [0.05, 0.1) is 0 Å². The van der Waals surface area contributed by atoms with Crippen LogP contribution in [0.1, 0.15) is 53.2 Å². The van der Waals surface area contributed by atoms with Gasteiger partial charge in [-0.15, -0.1) is 0 Å². The molecule has 20 heavy (non-hydrogen) atoms. The summed E-state index contributed by atoms with van der Waals surface area (Å²) in [6.07, 6.45) is 2.14. The second-order valence-corrected chi connectivity index (χ2v) is 5.89. The minimum atomic E-state index is 0.0267. The quantitative estimate of drug-likeness (QED) is 0.773. The summed E-state index contributed by atoms with van der Waals surface area (Å²) in [5, 5.41) is 0. The number of rotatable bonds is 2. The van der Waals surface area contributed by atoms with E-state index in [-0.39, 0.29) is 11.2 Å². The van der Waals surface area contributed by atoms with Gasteiger partial charge in [0.25, 0.3) is 0 Å². The van der Waals surface area contributed by atoms with Gasteiger partial charge in [-0.3, -0.25) is 9.59 Å². The lowest BCUT2D eigenvalue weighted by atomic mass is 9.72.